The van der Waals surface area contributed by atoms with Gasteiger partial charge in [0.25, 0.3) is 0 Å². The average molecular weight is 406 g/mol. The molecule has 1 aromatic carbocycles. The Hall–Kier alpha value is -2.38. The Morgan fingerprint density at radius 3 is 2.57 bits per heavy atom. The number of fused-ring (bicyclic) bond motifs is 1. The molecule has 1 aliphatic heterocycles. The number of pyridine rings is 1. The van der Waals surface area contributed by atoms with E-state index in [1.165, 1.54) is 12.1 Å². The van der Waals surface area contributed by atoms with Gasteiger partial charge in [0.2, 0.25) is 5.88 Å². The highest BCUT2D eigenvalue weighted by molar-refractivity contribution is 6.34. The number of carboxylic acid groups (broad SMARTS) is 1. The van der Waals surface area contributed by atoms with E-state index in [2.05, 4.69) is 15.6 Å². The summed E-state index contributed by atoms with van der Waals surface area (Å²) in [7, 11) is 0. The number of piperidine rings is 1. The van der Waals surface area contributed by atoms with Gasteiger partial charge in [0.05, 0.1) is 16.3 Å². The van der Waals surface area contributed by atoms with Crippen molar-refractivity contribution in [3.8, 4) is 17.1 Å². The highest BCUT2D eigenvalue weighted by atomic mass is 35.5. The molecule has 6 nitrogen and oxygen atoms in total. The number of carbonyl (C=O) groups is 1. The van der Waals surface area contributed by atoms with E-state index < -0.39 is 11.6 Å². The third kappa shape index (κ3) is 3.52. The molecule has 2 heterocycles. The Morgan fingerprint density at radius 1 is 1.32 bits per heavy atom. The first-order valence-corrected chi connectivity index (χ1v) is 9.49. The Morgan fingerprint density at radius 2 is 1.96 bits per heavy atom. The number of aromatic nitrogens is 1. The second kappa shape index (κ2) is 6.90. The van der Waals surface area contributed by atoms with Crippen LogP contribution in [0.4, 0.5) is 9.18 Å². The first-order chi connectivity index (χ1) is 13.3. The Kier molecular flexibility index (Phi) is 4.67. The van der Waals surface area contributed by atoms with Crippen LogP contribution in [0.3, 0.4) is 0 Å². The zero-order valence-electron chi connectivity index (χ0n) is 15.5. The summed E-state index contributed by atoms with van der Waals surface area (Å²) in [4.78, 5) is 15.8. The van der Waals surface area contributed by atoms with Crippen molar-refractivity contribution in [1.29, 1.82) is 0 Å². The highest BCUT2D eigenvalue weighted by Gasteiger charge is 2.55. The maximum absolute atomic E-state index is 13.3. The van der Waals surface area contributed by atoms with Crippen LogP contribution < -0.4 is 15.4 Å². The summed E-state index contributed by atoms with van der Waals surface area (Å²) in [5.41, 5.74) is 0.629. The fraction of sp³-hybridized carbons (Fsp3) is 0.400. The Labute approximate surface area is 167 Å². The van der Waals surface area contributed by atoms with Crippen LogP contribution in [0.15, 0.2) is 30.3 Å². The summed E-state index contributed by atoms with van der Waals surface area (Å²) < 4.78 is 19.5. The normalized spacial score (nSPS) is 23.2. The van der Waals surface area contributed by atoms with Crippen molar-refractivity contribution in [2.24, 2.45) is 11.8 Å². The van der Waals surface area contributed by atoms with Crippen molar-refractivity contribution in [2.45, 2.75) is 25.5 Å². The van der Waals surface area contributed by atoms with E-state index in [1.54, 1.807) is 32.0 Å². The predicted octanol–water partition coefficient (Wildman–Crippen LogP) is 3.64. The summed E-state index contributed by atoms with van der Waals surface area (Å²) in [5.74, 6) is 0.970. The van der Waals surface area contributed by atoms with Crippen molar-refractivity contribution in [3.63, 3.8) is 0 Å². The molecule has 3 N–H and O–H groups in total. The number of nitrogens with one attached hydrogen (secondary N) is 2. The maximum atomic E-state index is 13.3. The van der Waals surface area contributed by atoms with Crippen LogP contribution in [0, 0.1) is 17.7 Å². The third-order valence-corrected chi connectivity index (χ3v) is 5.80. The van der Waals surface area contributed by atoms with E-state index in [9.17, 15) is 14.3 Å². The van der Waals surface area contributed by atoms with Gasteiger partial charge in [-0.1, -0.05) is 11.6 Å². The molecule has 2 fully saturated rings. The zero-order chi connectivity index (χ0) is 20.1. The van der Waals surface area contributed by atoms with Crippen molar-refractivity contribution in [2.75, 3.05) is 13.1 Å². The summed E-state index contributed by atoms with van der Waals surface area (Å²) >= 11 is 6.62. The summed E-state index contributed by atoms with van der Waals surface area (Å²) in [5, 5.41) is 15.3. The van der Waals surface area contributed by atoms with Gasteiger partial charge in [0, 0.05) is 42.1 Å². The smallest absolute Gasteiger partial charge is 0.405 e. The number of hydrogen-bond acceptors (Lipinski definition) is 4. The van der Waals surface area contributed by atoms with Gasteiger partial charge >= 0.3 is 6.09 Å². The van der Waals surface area contributed by atoms with Crippen molar-refractivity contribution < 1.29 is 19.0 Å². The molecule has 0 unspecified atom stereocenters. The minimum absolute atomic E-state index is 0.0967. The number of benzene rings is 1. The standard InChI is InChI=1S/C20H21ClFN3O3/c1-20(2,25-19(26)27)14-7-15(28-18-12-8-23-9-13(12)18)24-17(16(14)21)10-3-5-11(22)6-4-10/h3-7,12-13,18,23,25H,8-9H2,1-2H3,(H,26,27)/t12-,13+,18-. The van der Waals surface area contributed by atoms with Gasteiger partial charge in [-0.05, 0) is 38.1 Å². The molecule has 2 aromatic rings. The Balaban J connectivity index is 1.75. The number of nitrogens with zero attached hydrogens (tertiary/aromatic N) is 1. The first kappa shape index (κ1) is 19.0. The van der Waals surface area contributed by atoms with Crippen molar-refractivity contribution >= 4 is 17.7 Å². The molecule has 1 aromatic heterocycles. The molecular weight excluding hydrogens is 385 g/mol. The summed E-state index contributed by atoms with van der Waals surface area (Å²) in [6.45, 7) is 5.28. The van der Waals surface area contributed by atoms with Crippen LogP contribution in [-0.2, 0) is 5.54 Å². The van der Waals surface area contributed by atoms with E-state index >= 15 is 0 Å². The van der Waals surface area contributed by atoms with E-state index in [0.717, 1.165) is 13.1 Å². The SMILES string of the molecule is CC(C)(NC(=O)O)c1cc(O[C@@H]2[C@@H]3CNC[C@@H]32)nc(-c2ccc(F)cc2)c1Cl. The summed E-state index contributed by atoms with van der Waals surface area (Å²) in [6.07, 6.45) is -1.06. The van der Waals surface area contributed by atoms with Gasteiger partial charge in [-0.3, -0.25) is 0 Å². The number of amides is 1. The summed E-state index contributed by atoms with van der Waals surface area (Å²) in [6, 6.07) is 7.53. The second-order valence-electron chi connectivity index (χ2n) is 7.80. The molecule has 2 aliphatic rings. The van der Waals surface area contributed by atoms with Crippen LogP contribution in [0.2, 0.25) is 5.02 Å². The lowest BCUT2D eigenvalue weighted by molar-refractivity contribution is 0.182. The van der Waals surface area contributed by atoms with Gasteiger partial charge in [-0.15, -0.1) is 0 Å². The molecule has 0 radical (unpaired) electrons. The molecule has 0 spiro atoms. The fourth-order valence-electron chi connectivity index (χ4n) is 3.83. The van der Waals surface area contributed by atoms with Crippen molar-refractivity contribution in [1.82, 2.24) is 15.6 Å². The van der Waals surface area contributed by atoms with Crippen molar-refractivity contribution in [3.05, 3.63) is 46.7 Å². The van der Waals surface area contributed by atoms with E-state index in [1.807, 2.05) is 0 Å². The molecule has 0 bridgehead atoms. The van der Waals surface area contributed by atoms with Gasteiger partial charge < -0.3 is 20.5 Å². The lowest BCUT2D eigenvalue weighted by Gasteiger charge is -2.27. The maximum Gasteiger partial charge on any atom is 0.405 e. The molecule has 28 heavy (non-hydrogen) atoms. The molecule has 1 saturated heterocycles. The molecule has 1 aliphatic carbocycles. The number of halogens is 2. The predicted molar refractivity (Wildman–Crippen MR) is 103 cm³/mol. The molecular formula is C20H21ClFN3O3. The molecule has 1 saturated carbocycles. The van der Waals surface area contributed by atoms with Gasteiger partial charge in [-0.25, -0.2) is 14.2 Å². The van der Waals surface area contributed by atoms with Crippen LogP contribution in [0.5, 0.6) is 5.88 Å². The lowest BCUT2D eigenvalue weighted by Crippen LogP contribution is -2.40. The van der Waals surface area contributed by atoms with Crippen LogP contribution in [-0.4, -0.2) is 35.4 Å². The van der Waals surface area contributed by atoms with Gasteiger partial charge in [0.15, 0.2) is 0 Å². The number of ether oxygens (including phenoxy) is 1. The van der Waals surface area contributed by atoms with Gasteiger partial charge in [-0.2, -0.15) is 0 Å². The number of hydrogen-bond donors (Lipinski definition) is 3. The monoisotopic (exact) mass is 405 g/mol. The second-order valence-corrected chi connectivity index (χ2v) is 8.18. The largest absolute Gasteiger partial charge is 0.474 e. The minimum Gasteiger partial charge on any atom is -0.474 e. The quantitative estimate of drug-likeness (QED) is 0.707. The molecule has 4 rings (SSSR count). The van der Waals surface area contributed by atoms with Crippen LogP contribution in [0.1, 0.15) is 19.4 Å². The first-order valence-electron chi connectivity index (χ1n) is 9.12. The van der Waals surface area contributed by atoms with E-state index in [4.69, 9.17) is 16.3 Å². The van der Waals surface area contributed by atoms with E-state index in [0.29, 0.717) is 39.6 Å². The number of rotatable bonds is 5. The fourth-order valence-corrected chi connectivity index (χ4v) is 4.27. The Bertz CT molecular complexity index is 910. The molecule has 8 heteroatoms. The van der Waals surface area contributed by atoms with Gasteiger partial charge in [0.1, 0.15) is 11.9 Å². The topological polar surface area (TPSA) is 83.5 Å². The molecule has 148 valence electrons. The van der Waals surface area contributed by atoms with E-state index in [-0.39, 0.29) is 11.9 Å². The average Bonchev–Trinajstić information content (AvgIpc) is 3.03. The highest BCUT2D eigenvalue weighted by Crippen LogP contribution is 2.45. The van der Waals surface area contributed by atoms with Crippen LogP contribution in [0.25, 0.3) is 11.3 Å². The molecule has 1 amide bonds. The molecule has 3 atom stereocenters. The van der Waals surface area contributed by atoms with Crippen LogP contribution >= 0.6 is 11.6 Å². The lowest BCUT2D eigenvalue weighted by atomic mass is 9.93. The zero-order valence-corrected chi connectivity index (χ0v) is 16.3. The third-order valence-electron chi connectivity index (χ3n) is 5.41. The minimum atomic E-state index is -1.16.